The first-order valence-electron chi connectivity index (χ1n) is 11.2. The van der Waals surface area contributed by atoms with Crippen LogP contribution in [0, 0.1) is 11.7 Å². The third kappa shape index (κ3) is 5.03. The Kier molecular flexibility index (Phi) is 6.73. The monoisotopic (exact) mass is 513 g/mol. The number of ketones is 1. The van der Waals surface area contributed by atoms with Gasteiger partial charge in [0, 0.05) is 41.2 Å². The van der Waals surface area contributed by atoms with Crippen LogP contribution in [0.25, 0.3) is 10.1 Å². The minimum Gasteiger partial charge on any atom is -0.508 e. The maximum Gasteiger partial charge on any atom is 0.208 e. The number of nitrogens with zero attached hydrogens (tertiary/aromatic N) is 1. The van der Waals surface area contributed by atoms with Crippen LogP contribution in [0.1, 0.15) is 20.8 Å². The largest absolute Gasteiger partial charge is 0.508 e. The summed E-state index contributed by atoms with van der Waals surface area (Å²) in [4.78, 5) is 15.9. The first-order valence-corrected chi connectivity index (χ1v) is 12.4. The van der Waals surface area contributed by atoms with Gasteiger partial charge < -0.3 is 14.7 Å². The van der Waals surface area contributed by atoms with Crippen LogP contribution in [-0.4, -0.2) is 42.1 Å². The van der Waals surface area contributed by atoms with Gasteiger partial charge in [-0.2, -0.15) is 0 Å². The maximum atomic E-state index is 13.5. The Labute approximate surface area is 210 Å². The predicted octanol–water partition coefficient (Wildman–Crippen LogP) is 6.87. The first-order chi connectivity index (χ1) is 16.9. The summed E-state index contributed by atoms with van der Waals surface area (Å²) >= 11 is 7.33. The lowest BCUT2D eigenvalue weighted by atomic mass is 10.0. The van der Waals surface area contributed by atoms with Crippen molar-refractivity contribution in [3.8, 4) is 17.2 Å². The number of hydrogen-bond donors (Lipinski definition) is 1. The zero-order chi connectivity index (χ0) is 24.5. The van der Waals surface area contributed by atoms with E-state index in [0.29, 0.717) is 26.5 Å². The number of fused-ring (bicyclic) bond motifs is 1. The SMILES string of the molecule is O=C(c1ccc(F)cc1Cl)c1sc2cc(O)ccc2c1Oc1ccc(CCN2CC(CF)C2)cc1. The molecule has 0 unspecified atom stereocenters. The Bertz CT molecular complexity index is 1380. The van der Waals surface area contributed by atoms with Crippen molar-refractivity contribution in [2.45, 2.75) is 6.42 Å². The molecule has 0 spiro atoms. The number of alkyl halides is 1. The van der Waals surface area contributed by atoms with Gasteiger partial charge in [-0.1, -0.05) is 23.7 Å². The highest BCUT2D eigenvalue weighted by Crippen LogP contribution is 2.43. The summed E-state index contributed by atoms with van der Waals surface area (Å²) < 4.78 is 33.0. The van der Waals surface area contributed by atoms with Crippen molar-refractivity contribution < 1.29 is 23.4 Å². The van der Waals surface area contributed by atoms with Crippen LogP contribution < -0.4 is 4.74 Å². The molecule has 4 aromatic rings. The number of hydrogen-bond acceptors (Lipinski definition) is 5. The Balaban J connectivity index is 1.40. The second-order valence-corrected chi connectivity index (χ2v) is 10.1. The van der Waals surface area contributed by atoms with Gasteiger partial charge in [0.05, 0.1) is 11.7 Å². The van der Waals surface area contributed by atoms with Gasteiger partial charge in [-0.25, -0.2) is 4.39 Å². The van der Waals surface area contributed by atoms with Crippen LogP contribution in [0.15, 0.2) is 60.7 Å². The van der Waals surface area contributed by atoms with Gasteiger partial charge in [-0.3, -0.25) is 9.18 Å². The molecular formula is C27H22ClF2NO3S. The molecule has 5 rings (SSSR count). The lowest BCUT2D eigenvalue weighted by Crippen LogP contribution is -2.48. The number of aromatic hydroxyl groups is 1. The fourth-order valence-corrected chi connectivity index (χ4v) is 5.56. The van der Waals surface area contributed by atoms with E-state index in [0.717, 1.165) is 37.7 Å². The van der Waals surface area contributed by atoms with Gasteiger partial charge >= 0.3 is 0 Å². The highest BCUT2D eigenvalue weighted by molar-refractivity contribution is 7.21. The fraction of sp³-hybridized carbons (Fsp3) is 0.222. The molecule has 1 fully saturated rings. The fourth-order valence-electron chi connectivity index (χ4n) is 4.19. The van der Waals surface area contributed by atoms with Crippen LogP contribution >= 0.6 is 22.9 Å². The minimum atomic E-state index is -0.527. The number of thiophene rings is 1. The molecule has 3 aromatic carbocycles. The summed E-state index contributed by atoms with van der Waals surface area (Å²) in [6, 6.07) is 16.1. The average Bonchev–Trinajstić information content (AvgIpc) is 3.16. The Morgan fingerprint density at radius 2 is 1.89 bits per heavy atom. The molecule has 0 radical (unpaired) electrons. The van der Waals surface area contributed by atoms with Crippen LogP contribution in [0.2, 0.25) is 5.02 Å². The van der Waals surface area contributed by atoms with Crippen molar-refractivity contribution in [2.75, 3.05) is 26.3 Å². The number of halogens is 3. The van der Waals surface area contributed by atoms with E-state index in [1.165, 1.54) is 29.5 Å². The molecule has 180 valence electrons. The molecule has 1 saturated heterocycles. The number of carbonyl (C=O) groups excluding carboxylic acids is 1. The molecule has 4 nitrogen and oxygen atoms in total. The van der Waals surface area contributed by atoms with Gasteiger partial charge in [0.15, 0.2) is 5.75 Å². The van der Waals surface area contributed by atoms with Crippen molar-refractivity contribution in [1.82, 2.24) is 4.90 Å². The lowest BCUT2D eigenvalue weighted by Gasteiger charge is -2.37. The van der Waals surface area contributed by atoms with Gasteiger partial charge in [0.1, 0.15) is 22.2 Å². The molecule has 0 saturated carbocycles. The normalized spacial score (nSPS) is 14.3. The summed E-state index contributed by atoms with van der Waals surface area (Å²) in [6.07, 6.45) is 0.854. The molecule has 2 heterocycles. The highest BCUT2D eigenvalue weighted by atomic mass is 35.5. The molecular weight excluding hydrogens is 492 g/mol. The smallest absolute Gasteiger partial charge is 0.208 e. The maximum absolute atomic E-state index is 13.5. The number of phenols is 1. The minimum absolute atomic E-state index is 0.0191. The van der Waals surface area contributed by atoms with Crippen LogP contribution in [-0.2, 0) is 6.42 Å². The molecule has 0 aliphatic carbocycles. The van der Waals surface area contributed by atoms with Crippen molar-refractivity contribution in [3.05, 3.63) is 87.5 Å². The summed E-state index contributed by atoms with van der Waals surface area (Å²) in [5, 5.41) is 10.6. The van der Waals surface area contributed by atoms with E-state index >= 15 is 0 Å². The van der Waals surface area contributed by atoms with E-state index in [4.69, 9.17) is 16.3 Å². The van der Waals surface area contributed by atoms with Crippen molar-refractivity contribution in [2.24, 2.45) is 5.92 Å². The van der Waals surface area contributed by atoms with E-state index in [9.17, 15) is 18.7 Å². The zero-order valence-corrected chi connectivity index (χ0v) is 20.2. The molecule has 8 heteroatoms. The number of carbonyl (C=O) groups is 1. The first kappa shape index (κ1) is 23.7. The second-order valence-electron chi connectivity index (χ2n) is 8.67. The van der Waals surface area contributed by atoms with E-state index < -0.39 is 5.82 Å². The van der Waals surface area contributed by atoms with E-state index in [1.54, 1.807) is 12.1 Å². The average molecular weight is 514 g/mol. The van der Waals surface area contributed by atoms with Gasteiger partial charge in [-0.15, -0.1) is 11.3 Å². The number of likely N-dealkylation sites (tertiary alicyclic amines) is 1. The van der Waals surface area contributed by atoms with E-state index in [1.807, 2.05) is 24.3 Å². The summed E-state index contributed by atoms with van der Waals surface area (Å²) in [6.45, 7) is 2.25. The Morgan fingerprint density at radius 3 is 2.60 bits per heavy atom. The number of benzene rings is 3. The number of rotatable bonds is 8. The molecule has 1 aliphatic rings. The van der Waals surface area contributed by atoms with E-state index in [-0.39, 0.29) is 34.7 Å². The Hall–Kier alpha value is -3.00. The standard InChI is InChI=1S/C27H22ClF2NO3S/c28-23-11-18(30)3-7-21(23)25(33)27-26(22-8-4-19(32)12-24(22)35-27)34-20-5-1-16(2-6-20)9-10-31-14-17(13-29)15-31/h1-8,11-12,17,32H,9-10,13-15H2. The highest BCUT2D eigenvalue weighted by Gasteiger charge is 2.26. The Morgan fingerprint density at radius 1 is 1.11 bits per heavy atom. The molecule has 0 amide bonds. The lowest BCUT2D eigenvalue weighted by molar-refractivity contribution is 0.0824. The van der Waals surface area contributed by atoms with Crippen LogP contribution in [0.5, 0.6) is 17.2 Å². The molecule has 35 heavy (non-hydrogen) atoms. The molecule has 1 N–H and O–H groups in total. The number of ether oxygens (including phenoxy) is 1. The van der Waals surface area contributed by atoms with Crippen LogP contribution in [0.4, 0.5) is 8.78 Å². The molecule has 1 aliphatic heterocycles. The van der Waals surface area contributed by atoms with Gasteiger partial charge in [0.2, 0.25) is 5.78 Å². The second kappa shape index (κ2) is 9.93. The van der Waals surface area contributed by atoms with Crippen molar-refractivity contribution in [3.63, 3.8) is 0 Å². The molecule has 1 aromatic heterocycles. The van der Waals surface area contributed by atoms with Crippen LogP contribution in [0.3, 0.4) is 0 Å². The topological polar surface area (TPSA) is 49.8 Å². The zero-order valence-electron chi connectivity index (χ0n) is 18.6. The van der Waals surface area contributed by atoms with E-state index in [2.05, 4.69) is 4.90 Å². The third-order valence-electron chi connectivity index (χ3n) is 6.12. The van der Waals surface area contributed by atoms with Gasteiger partial charge in [0.25, 0.3) is 0 Å². The predicted molar refractivity (Wildman–Crippen MR) is 134 cm³/mol. The molecule has 0 bridgehead atoms. The summed E-state index contributed by atoms with van der Waals surface area (Å²) in [5.74, 6) is 0.260. The summed E-state index contributed by atoms with van der Waals surface area (Å²) in [5.41, 5.74) is 1.31. The van der Waals surface area contributed by atoms with Crippen molar-refractivity contribution >= 4 is 38.8 Å². The van der Waals surface area contributed by atoms with Gasteiger partial charge in [-0.05, 0) is 60.5 Å². The van der Waals surface area contributed by atoms with Crippen molar-refractivity contribution in [1.29, 1.82) is 0 Å². The third-order valence-corrected chi connectivity index (χ3v) is 7.57. The summed E-state index contributed by atoms with van der Waals surface area (Å²) in [7, 11) is 0. The number of phenolic OH excluding ortho intramolecular Hbond substituents is 1. The quantitative estimate of drug-likeness (QED) is 0.261. The molecule has 0 atom stereocenters.